The van der Waals surface area contributed by atoms with Gasteiger partial charge in [-0.05, 0) is 0 Å². The molecule has 0 saturated heterocycles. The molecule has 0 fully saturated rings. The number of ether oxygens (including phenoxy) is 1. The van der Waals surface area contributed by atoms with Crippen molar-refractivity contribution in [1.82, 2.24) is 9.36 Å². The van der Waals surface area contributed by atoms with Gasteiger partial charge in [0.25, 0.3) is 5.82 Å². The van der Waals surface area contributed by atoms with Crippen LogP contribution in [0.2, 0.25) is 0 Å². The molecule has 1 aromatic heterocycles. The van der Waals surface area contributed by atoms with Gasteiger partial charge in [-0.25, -0.2) is 4.79 Å². The average molecular weight is 187 g/mol. The fraction of sp³-hybridized carbons (Fsp3) is 0.200. The molecule has 64 valence electrons. The molecule has 0 radical (unpaired) electrons. The number of hydrogen-bond donors (Lipinski definition) is 1. The number of anilines is 1. The molecular formula is C5H5N3O3S. The second-order valence-corrected chi connectivity index (χ2v) is 2.43. The van der Waals surface area contributed by atoms with E-state index in [-0.39, 0.29) is 11.0 Å². The predicted octanol–water partition coefficient (Wildman–Crippen LogP) is -0.107. The molecule has 0 unspecified atom stereocenters. The molecule has 6 nitrogen and oxygen atoms in total. The maximum absolute atomic E-state index is 10.8. The molecule has 1 aromatic rings. The van der Waals surface area contributed by atoms with E-state index in [1.54, 1.807) is 0 Å². The Kier molecular flexibility index (Phi) is 2.70. The summed E-state index contributed by atoms with van der Waals surface area (Å²) in [4.78, 5) is 24.4. The van der Waals surface area contributed by atoms with E-state index in [4.69, 9.17) is 0 Å². The summed E-state index contributed by atoms with van der Waals surface area (Å²) < 4.78 is 7.99. The molecule has 0 spiro atoms. The summed E-state index contributed by atoms with van der Waals surface area (Å²) in [6.45, 7) is 0. The Morgan fingerprint density at radius 2 is 2.50 bits per heavy atom. The molecule has 0 aliphatic rings. The first-order chi connectivity index (χ1) is 5.77. The Morgan fingerprint density at radius 1 is 1.75 bits per heavy atom. The van der Waals surface area contributed by atoms with Gasteiger partial charge in [-0.1, -0.05) is 0 Å². The zero-order valence-corrected chi connectivity index (χ0v) is 6.92. The van der Waals surface area contributed by atoms with Crippen LogP contribution in [0.4, 0.5) is 5.13 Å². The van der Waals surface area contributed by atoms with Crippen LogP contribution >= 0.6 is 11.5 Å². The van der Waals surface area contributed by atoms with Gasteiger partial charge in [0.1, 0.15) is 0 Å². The Hall–Kier alpha value is -1.50. The van der Waals surface area contributed by atoms with Crippen LogP contribution in [-0.4, -0.2) is 28.8 Å². The normalized spacial score (nSPS) is 9.08. The van der Waals surface area contributed by atoms with Crippen molar-refractivity contribution in [2.24, 2.45) is 0 Å². The molecule has 0 saturated carbocycles. The van der Waals surface area contributed by atoms with E-state index >= 15 is 0 Å². The van der Waals surface area contributed by atoms with Crippen molar-refractivity contribution >= 4 is 29.0 Å². The van der Waals surface area contributed by atoms with Crippen LogP contribution in [0.3, 0.4) is 0 Å². The lowest BCUT2D eigenvalue weighted by molar-refractivity contribution is -0.105. The summed E-state index contributed by atoms with van der Waals surface area (Å²) in [6.07, 6.45) is 0.460. The third-order valence-corrected chi connectivity index (χ3v) is 1.62. The minimum Gasteiger partial charge on any atom is -0.463 e. The van der Waals surface area contributed by atoms with Gasteiger partial charge in [0.15, 0.2) is 0 Å². The quantitative estimate of drug-likeness (QED) is 0.527. The number of amides is 1. The van der Waals surface area contributed by atoms with Gasteiger partial charge < -0.3 is 10.1 Å². The van der Waals surface area contributed by atoms with Crippen molar-refractivity contribution in [2.75, 3.05) is 12.4 Å². The van der Waals surface area contributed by atoms with Crippen LogP contribution in [0.25, 0.3) is 0 Å². The van der Waals surface area contributed by atoms with Crippen molar-refractivity contribution in [3.63, 3.8) is 0 Å². The number of methoxy groups -OCH3 is 1. The third kappa shape index (κ3) is 1.76. The molecule has 0 bridgehead atoms. The summed E-state index contributed by atoms with van der Waals surface area (Å²) in [6, 6.07) is 0. The monoisotopic (exact) mass is 187 g/mol. The lowest BCUT2D eigenvalue weighted by atomic mass is 10.6. The molecule has 0 atom stereocenters. The maximum atomic E-state index is 10.8. The van der Waals surface area contributed by atoms with Crippen LogP contribution in [0.5, 0.6) is 0 Å². The zero-order chi connectivity index (χ0) is 8.97. The Labute approximate surface area is 71.7 Å². The SMILES string of the molecule is COC(=O)c1nsc(NC=O)n1. The Balaban J connectivity index is 2.76. The first kappa shape index (κ1) is 8.60. The summed E-state index contributed by atoms with van der Waals surface area (Å²) in [5, 5.41) is 2.53. The zero-order valence-electron chi connectivity index (χ0n) is 6.10. The van der Waals surface area contributed by atoms with E-state index in [2.05, 4.69) is 19.4 Å². The molecule has 0 aliphatic carbocycles. The molecule has 12 heavy (non-hydrogen) atoms. The van der Waals surface area contributed by atoms with Gasteiger partial charge in [-0.2, -0.15) is 9.36 Å². The molecule has 1 rings (SSSR count). The second kappa shape index (κ2) is 3.77. The van der Waals surface area contributed by atoms with Gasteiger partial charge in [0, 0.05) is 11.5 Å². The largest absolute Gasteiger partial charge is 0.463 e. The molecule has 0 aromatic carbocycles. The van der Waals surface area contributed by atoms with Crippen LogP contribution in [-0.2, 0) is 9.53 Å². The minimum atomic E-state index is -0.620. The highest BCUT2D eigenvalue weighted by Gasteiger charge is 2.11. The topological polar surface area (TPSA) is 81.2 Å². The number of rotatable bonds is 3. The van der Waals surface area contributed by atoms with E-state index in [1.165, 1.54) is 7.11 Å². The number of hydrogen-bond acceptors (Lipinski definition) is 6. The second-order valence-electron chi connectivity index (χ2n) is 1.68. The lowest BCUT2D eigenvalue weighted by Gasteiger charge is -1.89. The van der Waals surface area contributed by atoms with Crippen LogP contribution in [0.15, 0.2) is 0 Å². The van der Waals surface area contributed by atoms with Gasteiger partial charge in [0.05, 0.1) is 7.11 Å². The number of nitrogens with one attached hydrogen (secondary N) is 1. The van der Waals surface area contributed by atoms with Crippen molar-refractivity contribution in [1.29, 1.82) is 0 Å². The molecule has 1 heterocycles. The average Bonchev–Trinajstić information content (AvgIpc) is 2.52. The fourth-order valence-corrected chi connectivity index (χ4v) is 1.02. The predicted molar refractivity (Wildman–Crippen MR) is 40.9 cm³/mol. The number of carbonyl (C=O) groups excluding carboxylic acids is 2. The van der Waals surface area contributed by atoms with Crippen LogP contribution in [0.1, 0.15) is 10.6 Å². The van der Waals surface area contributed by atoms with Crippen LogP contribution < -0.4 is 5.32 Å². The Morgan fingerprint density at radius 3 is 3.08 bits per heavy atom. The molecule has 0 aliphatic heterocycles. The van der Waals surface area contributed by atoms with E-state index in [0.717, 1.165) is 11.5 Å². The highest BCUT2D eigenvalue weighted by Crippen LogP contribution is 2.09. The van der Waals surface area contributed by atoms with Gasteiger partial charge >= 0.3 is 5.97 Å². The Bertz CT molecular complexity index is 298. The number of carbonyl (C=O) groups is 2. The number of esters is 1. The van der Waals surface area contributed by atoms with E-state index in [0.29, 0.717) is 6.41 Å². The maximum Gasteiger partial charge on any atom is 0.377 e. The van der Waals surface area contributed by atoms with Crippen molar-refractivity contribution in [2.45, 2.75) is 0 Å². The number of nitrogens with zero attached hydrogens (tertiary/aromatic N) is 2. The molecule has 7 heteroatoms. The van der Waals surface area contributed by atoms with Crippen molar-refractivity contribution < 1.29 is 14.3 Å². The van der Waals surface area contributed by atoms with Crippen LogP contribution in [0, 0.1) is 0 Å². The minimum absolute atomic E-state index is 0.0492. The summed E-state index contributed by atoms with van der Waals surface area (Å²) in [5.41, 5.74) is 0. The van der Waals surface area contributed by atoms with Crippen molar-refractivity contribution in [3.05, 3.63) is 5.82 Å². The van der Waals surface area contributed by atoms with E-state index in [1.807, 2.05) is 0 Å². The van der Waals surface area contributed by atoms with Gasteiger partial charge in [-0.3, -0.25) is 4.79 Å². The first-order valence-electron chi connectivity index (χ1n) is 2.90. The molecular weight excluding hydrogens is 182 g/mol. The van der Waals surface area contributed by atoms with Gasteiger partial charge in [-0.15, -0.1) is 0 Å². The molecule has 1 amide bonds. The summed E-state index contributed by atoms with van der Waals surface area (Å²) in [5.74, 6) is -0.669. The van der Waals surface area contributed by atoms with Gasteiger partial charge in [0.2, 0.25) is 11.5 Å². The number of aromatic nitrogens is 2. The third-order valence-electron chi connectivity index (χ3n) is 0.976. The fourth-order valence-electron chi connectivity index (χ4n) is 0.507. The molecule has 1 N–H and O–H groups in total. The summed E-state index contributed by atoms with van der Waals surface area (Å²) >= 11 is 0.914. The van der Waals surface area contributed by atoms with E-state index in [9.17, 15) is 9.59 Å². The highest BCUT2D eigenvalue weighted by molar-refractivity contribution is 7.09. The lowest BCUT2D eigenvalue weighted by Crippen LogP contribution is -2.03. The highest BCUT2D eigenvalue weighted by atomic mass is 32.1. The smallest absolute Gasteiger partial charge is 0.377 e. The standard InChI is InChI=1S/C5H5N3O3S/c1-11-4(10)3-7-5(6-2-9)12-8-3/h2H,1H3,(H,6,7,8,9). The first-order valence-corrected chi connectivity index (χ1v) is 3.67. The van der Waals surface area contributed by atoms with E-state index < -0.39 is 5.97 Å². The summed E-state index contributed by atoms with van der Waals surface area (Å²) in [7, 11) is 1.23. The van der Waals surface area contributed by atoms with Crippen molar-refractivity contribution in [3.8, 4) is 0 Å².